The topological polar surface area (TPSA) is 88.9 Å². The highest BCUT2D eigenvalue weighted by molar-refractivity contribution is 7.99. The Balaban J connectivity index is 1.60. The number of para-hydroxylation sites is 1. The summed E-state index contributed by atoms with van der Waals surface area (Å²) in [6.45, 7) is 7.75. The molecule has 2 N–H and O–H groups in total. The molecule has 0 spiro atoms. The minimum Gasteiger partial charge on any atom is -0.342 e. The van der Waals surface area contributed by atoms with Crippen molar-refractivity contribution in [1.29, 1.82) is 0 Å². The van der Waals surface area contributed by atoms with Gasteiger partial charge in [0.2, 0.25) is 5.91 Å². The van der Waals surface area contributed by atoms with Gasteiger partial charge in [-0.05, 0) is 51.0 Å². The van der Waals surface area contributed by atoms with E-state index in [2.05, 4.69) is 20.8 Å². The van der Waals surface area contributed by atoms with Crippen LogP contribution in [0.5, 0.6) is 0 Å². The standard InChI is InChI=1S/C23H27N5O2S/c1-14-8-6-11-18(12-14)22(30)24-17(4)21-26-27-23(28(21)5)31-13-19(29)25-20-15(2)9-7-10-16(20)3/h6-12,17H,13H2,1-5H3,(H,24,30)(H,25,29)/t17-/m0/s1. The molecule has 162 valence electrons. The number of hydrogen-bond acceptors (Lipinski definition) is 5. The lowest BCUT2D eigenvalue weighted by atomic mass is 10.1. The molecule has 3 aromatic rings. The highest BCUT2D eigenvalue weighted by Gasteiger charge is 2.19. The van der Waals surface area contributed by atoms with Crippen LogP contribution in [0.1, 0.15) is 45.8 Å². The minimum absolute atomic E-state index is 0.104. The summed E-state index contributed by atoms with van der Waals surface area (Å²) >= 11 is 1.31. The van der Waals surface area contributed by atoms with E-state index in [9.17, 15) is 9.59 Å². The molecule has 1 aromatic heterocycles. The summed E-state index contributed by atoms with van der Waals surface area (Å²) in [5.41, 5.74) is 4.53. The smallest absolute Gasteiger partial charge is 0.251 e. The zero-order valence-electron chi connectivity index (χ0n) is 18.4. The molecule has 2 aromatic carbocycles. The molecule has 8 heteroatoms. The Bertz CT molecular complexity index is 1090. The van der Waals surface area contributed by atoms with Crippen molar-refractivity contribution in [3.63, 3.8) is 0 Å². The molecule has 0 aliphatic rings. The van der Waals surface area contributed by atoms with Crippen LogP contribution in [0.15, 0.2) is 47.6 Å². The molecule has 0 aliphatic heterocycles. The summed E-state index contributed by atoms with van der Waals surface area (Å²) in [5, 5.41) is 14.9. The van der Waals surface area contributed by atoms with E-state index < -0.39 is 0 Å². The quantitative estimate of drug-likeness (QED) is 0.546. The van der Waals surface area contributed by atoms with Crippen molar-refractivity contribution in [1.82, 2.24) is 20.1 Å². The van der Waals surface area contributed by atoms with Crippen LogP contribution in [0.2, 0.25) is 0 Å². The third kappa shape index (κ3) is 5.52. The number of nitrogens with zero attached hydrogens (tertiary/aromatic N) is 3. The van der Waals surface area contributed by atoms with E-state index in [4.69, 9.17) is 0 Å². The molecule has 0 radical (unpaired) electrons. The number of nitrogens with one attached hydrogen (secondary N) is 2. The van der Waals surface area contributed by atoms with Crippen LogP contribution >= 0.6 is 11.8 Å². The number of carbonyl (C=O) groups excluding carboxylic acids is 2. The van der Waals surface area contributed by atoms with E-state index in [0.29, 0.717) is 16.5 Å². The van der Waals surface area contributed by atoms with Crippen molar-refractivity contribution < 1.29 is 9.59 Å². The monoisotopic (exact) mass is 437 g/mol. The third-order valence-corrected chi connectivity index (χ3v) is 5.98. The SMILES string of the molecule is Cc1cccc(C(=O)N[C@@H](C)c2nnc(SCC(=O)Nc3c(C)cccc3C)n2C)c1. The fourth-order valence-corrected chi connectivity index (χ4v) is 4.00. The second kappa shape index (κ2) is 9.78. The second-order valence-corrected chi connectivity index (χ2v) is 8.51. The summed E-state index contributed by atoms with van der Waals surface area (Å²) in [7, 11) is 1.83. The number of rotatable bonds is 7. The molecule has 1 heterocycles. The van der Waals surface area contributed by atoms with Gasteiger partial charge < -0.3 is 15.2 Å². The number of aryl methyl sites for hydroxylation is 3. The van der Waals surface area contributed by atoms with Gasteiger partial charge in [0.25, 0.3) is 5.91 Å². The van der Waals surface area contributed by atoms with Gasteiger partial charge in [0.1, 0.15) is 0 Å². The van der Waals surface area contributed by atoms with Crippen LogP contribution in [0.25, 0.3) is 0 Å². The van der Waals surface area contributed by atoms with Gasteiger partial charge in [-0.1, -0.05) is 47.7 Å². The lowest BCUT2D eigenvalue weighted by Crippen LogP contribution is -2.28. The zero-order valence-corrected chi connectivity index (χ0v) is 19.2. The van der Waals surface area contributed by atoms with E-state index in [0.717, 1.165) is 22.4 Å². The number of thioether (sulfide) groups is 1. The van der Waals surface area contributed by atoms with Crippen molar-refractivity contribution >= 4 is 29.3 Å². The summed E-state index contributed by atoms with van der Waals surface area (Å²) in [6.07, 6.45) is 0. The maximum atomic E-state index is 12.5. The number of carbonyl (C=O) groups is 2. The summed E-state index contributed by atoms with van der Waals surface area (Å²) in [4.78, 5) is 24.9. The number of amides is 2. The molecule has 0 aliphatic carbocycles. The van der Waals surface area contributed by atoms with Gasteiger partial charge in [0, 0.05) is 18.3 Å². The van der Waals surface area contributed by atoms with Crippen molar-refractivity contribution in [2.24, 2.45) is 7.05 Å². The normalized spacial score (nSPS) is 11.8. The van der Waals surface area contributed by atoms with Gasteiger partial charge in [0.05, 0.1) is 11.8 Å². The second-order valence-electron chi connectivity index (χ2n) is 7.57. The molecule has 0 fully saturated rings. The molecule has 31 heavy (non-hydrogen) atoms. The van der Waals surface area contributed by atoms with Crippen LogP contribution in [0, 0.1) is 20.8 Å². The molecule has 7 nitrogen and oxygen atoms in total. The van der Waals surface area contributed by atoms with Crippen molar-refractivity contribution in [2.75, 3.05) is 11.1 Å². The maximum absolute atomic E-state index is 12.5. The third-order valence-electron chi connectivity index (χ3n) is 4.96. The summed E-state index contributed by atoms with van der Waals surface area (Å²) < 4.78 is 1.80. The first-order chi connectivity index (χ1) is 14.8. The predicted octanol–water partition coefficient (Wildman–Crippen LogP) is 3.96. The van der Waals surface area contributed by atoms with Gasteiger partial charge in [-0.25, -0.2) is 0 Å². The number of hydrogen-bond donors (Lipinski definition) is 2. The molecular weight excluding hydrogens is 410 g/mol. The summed E-state index contributed by atoms with van der Waals surface area (Å²) in [5.74, 6) is 0.567. The van der Waals surface area contributed by atoms with Crippen LogP contribution < -0.4 is 10.6 Å². The number of aromatic nitrogens is 3. The average Bonchev–Trinajstić information content (AvgIpc) is 3.09. The molecular formula is C23H27N5O2S. The number of benzene rings is 2. The first-order valence-corrected chi connectivity index (χ1v) is 11.0. The van der Waals surface area contributed by atoms with Crippen LogP contribution in [-0.2, 0) is 11.8 Å². The Morgan fingerprint density at radius 2 is 1.74 bits per heavy atom. The predicted molar refractivity (Wildman–Crippen MR) is 123 cm³/mol. The van der Waals surface area contributed by atoms with Crippen LogP contribution in [0.4, 0.5) is 5.69 Å². The van der Waals surface area contributed by atoms with Gasteiger partial charge in [-0.15, -0.1) is 10.2 Å². The lowest BCUT2D eigenvalue weighted by Gasteiger charge is -2.14. The first kappa shape index (κ1) is 22.6. The van der Waals surface area contributed by atoms with Gasteiger partial charge in [-0.3, -0.25) is 9.59 Å². The van der Waals surface area contributed by atoms with E-state index in [1.54, 1.807) is 10.6 Å². The van der Waals surface area contributed by atoms with Gasteiger partial charge in [-0.2, -0.15) is 0 Å². The van der Waals surface area contributed by atoms with Crippen molar-refractivity contribution in [3.8, 4) is 0 Å². The van der Waals surface area contributed by atoms with Gasteiger partial charge >= 0.3 is 0 Å². The molecule has 0 saturated heterocycles. The zero-order chi connectivity index (χ0) is 22.5. The fraction of sp³-hybridized carbons (Fsp3) is 0.304. The molecule has 2 amide bonds. The van der Waals surface area contributed by atoms with Crippen LogP contribution in [0.3, 0.4) is 0 Å². The molecule has 3 rings (SSSR count). The Morgan fingerprint density at radius 1 is 1.06 bits per heavy atom. The Labute approximate surface area is 186 Å². The fourth-order valence-electron chi connectivity index (χ4n) is 3.28. The lowest BCUT2D eigenvalue weighted by molar-refractivity contribution is -0.113. The highest BCUT2D eigenvalue weighted by atomic mass is 32.2. The van der Waals surface area contributed by atoms with Gasteiger partial charge in [0.15, 0.2) is 11.0 Å². The minimum atomic E-state index is -0.330. The summed E-state index contributed by atoms with van der Waals surface area (Å²) in [6, 6.07) is 13.0. The molecule has 0 saturated carbocycles. The highest BCUT2D eigenvalue weighted by Crippen LogP contribution is 2.22. The van der Waals surface area contributed by atoms with Crippen molar-refractivity contribution in [2.45, 2.75) is 38.9 Å². The van der Waals surface area contributed by atoms with E-state index in [1.807, 2.05) is 71.1 Å². The van der Waals surface area contributed by atoms with E-state index >= 15 is 0 Å². The molecule has 0 bridgehead atoms. The first-order valence-electron chi connectivity index (χ1n) is 10.0. The van der Waals surface area contributed by atoms with E-state index in [1.165, 1.54) is 11.8 Å². The number of anilines is 1. The van der Waals surface area contributed by atoms with Crippen molar-refractivity contribution in [3.05, 3.63) is 70.5 Å². The van der Waals surface area contributed by atoms with E-state index in [-0.39, 0.29) is 23.6 Å². The average molecular weight is 438 g/mol. The molecule has 1 atom stereocenters. The maximum Gasteiger partial charge on any atom is 0.251 e. The Kier molecular flexibility index (Phi) is 7.12. The Morgan fingerprint density at radius 3 is 2.42 bits per heavy atom. The van der Waals surface area contributed by atoms with Crippen LogP contribution in [-0.4, -0.2) is 32.3 Å². The molecule has 0 unspecified atom stereocenters. The largest absolute Gasteiger partial charge is 0.342 e. The Hall–Kier alpha value is -3.13.